The van der Waals surface area contributed by atoms with Crippen LogP contribution in [-0.4, -0.2) is 58.3 Å². The van der Waals surface area contributed by atoms with E-state index >= 15 is 0 Å². The number of nitrogens with zero attached hydrogens (tertiary/aromatic N) is 5. The van der Waals surface area contributed by atoms with Crippen molar-refractivity contribution >= 4 is 35.9 Å². The van der Waals surface area contributed by atoms with Crippen molar-refractivity contribution in [2.75, 3.05) is 26.7 Å². The highest BCUT2D eigenvalue weighted by Crippen LogP contribution is 2.19. The number of aryl methyl sites for hydroxylation is 1. The number of fused-ring (bicyclic) bond motifs is 1. The topological polar surface area (TPSA) is 84.6 Å². The second-order valence-corrected chi connectivity index (χ2v) is 6.56. The summed E-state index contributed by atoms with van der Waals surface area (Å²) in [7, 11) is 1.79. The first-order chi connectivity index (χ1) is 12.2. The standard InChI is InChI=1S/C17H28N6O2.HI/c1-3-25-16(24)13-7-10-22(11-8-13)17(18-2)19-12-15-21-20-14-6-4-5-9-23(14)15;/h13H,3-12H2,1-2H3,(H,18,19);1H. The van der Waals surface area contributed by atoms with E-state index in [1.807, 2.05) is 6.92 Å². The number of carbonyl (C=O) groups is 1. The van der Waals surface area contributed by atoms with E-state index in [1.165, 1.54) is 12.8 Å². The number of esters is 1. The highest BCUT2D eigenvalue weighted by Gasteiger charge is 2.27. The minimum absolute atomic E-state index is 0. The summed E-state index contributed by atoms with van der Waals surface area (Å²) < 4.78 is 7.35. The molecule has 146 valence electrons. The summed E-state index contributed by atoms with van der Waals surface area (Å²) in [6.07, 6.45) is 5.01. The summed E-state index contributed by atoms with van der Waals surface area (Å²) in [5.41, 5.74) is 0. The molecule has 2 aliphatic heterocycles. The molecule has 1 aromatic rings. The second kappa shape index (κ2) is 10.1. The summed E-state index contributed by atoms with van der Waals surface area (Å²) >= 11 is 0. The number of hydrogen-bond acceptors (Lipinski definition) is 5. The molecule has 9 heteroatoms. The Labute approximate surface area is 171 Å². The van der Waals surface area contributed by atoms with Crippen LogP contribution < -0.4 is 5.32 Å². The van der Waals surface area contributed by atoms with Gasteiger partial charge in [-0.3, -0.25) is 9.79 Å². The van der Waals surface area contributed by atoms with Crippen molar-refractivity contribution < 1.29 is 9.53 Å². The molecule has 3 rings (SSSR count). The average molecular weight is 476 g/mol. The number of nitrogens with one attached hydrogen (secondary N) is 1. The van der Waals surface area contributed by atoms with E-state index in [0.29, 0.717) is 13.2 Å². The van der Waals surface area contributed by atoms with Crippen molar-refractivity contribution in [1.29, 1.82) is 0 Å². The maximum atomic E-state index is 11.9. The average Bonchev–Trinajstić information content (AvgIpc) is 3.06. The third-order valence-corrected chi connectivity index (χ3v) is 4.97. The predicted octanol–water partition coefficient (Wildman–Crippen LogP) is 1.58. The van der Waals surface area contributed by atoms with Gasteiger partial charge in [-0.05, 0) is 32.6 Å². The number of piperidine rings is 1. The number of guanidine groups is 1. The van der Waals surface area contributed by atoms with E-state index in [1.54, 1.807) is 7.05 Å². The number of halogens is 1. The van der Waals surface area contributed by atoms with Gasteiger partial charge in [-0.25, -0.2) is 0 Å². The summed E-state index contributed by atoms with van der Waals surface area (Å²) in [4.78, 5) is 18.4. The van der Waals surface area contributed by atoms with E-state index < -0.39 is 0 Å². The van der Waals surface area contributed by atoms with Gasteiger partial charge in [-0.15, -0.1) is 34.2 Å². The Morgan fingerprint density at radius 1 is 1.27 bits per heavy atom. The lowest BCUT2D eigenvalue weighted by molar-refractivity contribution is -0.149. The lowest BCUT2D eigenvalue weighted by Crippen LogP contribution is -2.46. The number of ether oxygens (including phenoxy) is 1. The van der Waals surface area contributed by atoms with E-state index in [9.17, 15) is 4.79 Å². The maximum absolute atomic E-state index is 11.9. The first-order valence-electron chi connectivity index (χ1n) is 9.26. The summed E-state index contributed by atoms with van der Waals surface area (Å²) in [5, 5.41) is 12.0. The largest absolute Gasteiger partial charge is 0.466 e. The van der Waals surface area contributed by atoms with Crippen LogP contribution >= 0.6 is 24.0 Å². The van der Waals surface area contributed by atoms with E-state index in [2.05, 4.69) is 30.0 Å². The Hall–Kier alpha value is -1.39. The minimum atomic E-state index is -0.0693. The van der Waals surface area contributed by atoms with Crippen LogP contribution in [0.5, 0.6) is 0 Å². The van der Waals surface area contributed by atoms with Gasteiger partial charge in [0.15, 0.2) is 11.8 Å². The molecule has 1 aromatic heterocycles. The molecule has 1 saturated heterocycles. The lowest BCUT2D eigenvalue weighted by Gasteiger charge is -2.33. The van der Waals surface area contributed by atoms with Gasteiger partial charge in [0.2, 0.25) is 0 Å². The zero-order valence-corrected chi connectivity index (χ0v) is 17.9. The highest BCUT2D eigenvalue weighted by molar-refractivity contribution is 14.0. The van der Waals surface area contributed by atoms with E-state index in [0.717, 1.165) is 56.5 Å². The van der Waals surface area contributed by atoms with Crippen molar-refractivity contribution in [1.82, 2.24) is 25.0 Å². The third kappa shape index (κ3) is 4.86. The predicted molar refractivity (Wildman–Crippen MR) is 110 cm³/mol. The molecule has 26 heavy (non-hydrogen) atoms. The first-order valence-corrected chi connectivity index (χ1v) is 9.26. The summed E-state index contributed by atoms with van der Waals surface area (Å²) in [6.45, 7) is 5.54. The third-order valence-electron chi connectivity index (χ3n) is 4.97. The number of carbonyl (C=O) groups excluding carboxylic acids is 1. The molecule has 0 aromatic carbocycles. The van der Waals surface area contributed by atoms with Gasteiger partial charge in [0.1, 0.15) is 5.82 Å². The molecule has 1 fully saturated rings. The fourth-order valence-electron chi connectivity index (χ4n) is 3.58. The smallest absolute Gasteiger partial charge is 0.309 e. The Morgan fingerprint density at radius 2 is 2.04 bits per heavy atom. The van der Waals surface area contributed by atoms with Gasteiger partial charge in [-0.2, -0.15) is 0 Å². The molecule has 0 amide bonds. The molecule has 2 aliphatic rings. The Morgan fingerprint density at radius 3 is 2.73 bits per heavy atom. The fraction of sp³-hybridized carbons (Fsp3) is 0.765. The monoisotopic (exact) mass is 476 g/mol. The number of rotatable bonds is 4. The molecule has 3 heterocycles. The molecule has 0 radical (unpaired) electrons. The van der Waals surface area contributed by atoms with Gasteiger partial charge in [0, 0.05) is 33.1 Å². The van der Waals surface area contributed by atoms with Crippen LogP contribution in [0.1, 0.15) is 44.3 Å². The van der Waals surface area contributed by atoms with Crippen LogP contribution in [0.15, 0.2) is 4.99 Å². The van der Waals surface area contributed by atoms with E-state index in [-0.39, 0.29) is 35.9 Å². The Bertz CT molecular complexity index is 625. The van der Waals surface area contributed by atoms with Crippen LogP contribution in [0.4, 0.5) is 0 Å². The van der Waals surface area contributed by atoms with Crippen molar-refractivity contribution in [3.8, 4) is 0 Å². The maximum Gasteiger partial charge on any atom is 0.309 e. The van der Waals surface area contributed by atoms with Crippen molar-refractivity contribution in [2.24, 2.45) is 10.9 Å². The SMILES string of the molecule is CCOC(=O)C1CCN(C(=NC)NCc2nnc3n2CCCC3)CC1.I. The highest BCUT2D eigenvalue weighted by atomic mass is 127. The Kier molecular flexibility index (Phi) is 8.11. The molecule has 1 N–H and O–H groups in total. The first kappa shape index (κ1) is 20.9. The fourth-order valence-corrected chi connectivity index (χ4v) is 3.58. The zero-order valence-electron chi connectivity index (χ0n) is 15.6. The number of likely N-dealkylation sites (tertiary alicyclic amines) is 1. The van der Waals surface area contributed by atoms with Gasteiger partial charge in [0.25, 0.3) is 0 Å². The van der Waals surface area contributed by atoms with Crippen LogP contribution in [0, 0.1) is 5.92 Å². The summed E-state index contributed by atoms with van der Waals surface area (Å²) in [5.74, 6) is 2.86. The van der Waals surface area contributed by atoms with Crippen molar-refractivity contribution in [2.45, 2.75) is 52.1 Å². The number of hydrogen-bond donors (Lipinski definition) is 1. The number of aromatic nitrogens is 3. The molecule has 0 saturated carbocycles. The molecule has 0 spiro atoms. The molecular formula is C17H29IN6O2. The van der Waals surface area contributed by atoms with Gasteiger partial charge in [0.05, 0.1) is 19.1 Å². The lowest BCUT2D eigenvalue weighted by atomic mass is 9.97. The van der Waals surface area contributed by atoms with E-state index in [4.69, 9.17) is 4.74 Å². The second-order valence-electron chi connectivity index (χ2n) is 6.56. The van der Waals surface area contributed by atoms with Crippen LogP contribution in [0.25, 0.3) is 0 Å². The molecule has 8 nitrogen and oxygen atoms in total. The molecular weight excluding hydrogens is 447 g/mol. The molecule has 0 bridgehead atoms. The zero-order chi connectivity index (χ0) is 17.6. The normalized spacial score (nSPS) is 18.1. The van der Waals surface area contributed by atoms with Crippen molar-refractivity contribution in [3.63, 3.8) is 0 Å². The van der Waals surface area contributed by atoms with Gasteiger partial charge >= 0.3 is 5.97 Å². The minimum Gasteiger partial charge on any atom is -0.466 e. The van der Waals surface area contributed by atoms with Gasteiger partial charge in [-0.1, -0.05) is 0 Å². The van der Waals surface area contributed by atoms with Crippen LogP contribution in [0.2, 0.25) is 0 Å². The van der Waals surface area contributed by atoms with Gasteiger partial charge < -0.3 is 19.5 Å². The molecule has 0 unspecified atom stereocenters. The Balaban J connectivity index is 0.00000243. The quantitative estimate of drug-likeness (QED) is 0.308. The summed E-state index contributed by atoms with van der Waals surface area (Å²) in [6, 6.07) is 0. The van der Waals surface area contributed by atoms with Crippen LogP contribution in [0.3, 0.4) is 0 Å². The van der Waals surface area contributed by atoms with Crippen LogP contribution in [-0.2, 0) is 29.0 Å². The number of aliphatic imine (C=N–C) groups is 1. The molecule has 0 atom stereocenters. The molecule has 0 aliphatic carbocycles. The van der Waals surface area contributed by atoms with Crippen molar-refractivity contribution in [3.05, 3.63) is 11.6 Å².